The standard InChI is InChI=1S/C24H14ClF3N2O2S/c25-15-9-11-16(12-10-15)30-22(32)19(21(31)29-23(30)33)13-14-5-1-2-6-17(14)18-7-3-4-8-20(18)24(26,27)28/h1-13H,(H,29,31,33). The van der Waals surface area contributed by atoms with Crippen molar-refractivity contribution in [2.75, 3.05) is 4.90 Å². The van der Waals surface area contributed by atoms with Crippen molar-refractivity contribution >= 4 is 52.5 Å². The molecule has 2 amide bonds. The van der Waals surface area contributed by atoms with Crippen molar-refractivity contribution < 1.29 is 22.8 Å². The van der Waals surface area contributed by atoms with Crippen molar-refractivity contribution in [3.8, 4) is 11.1 Å². The average molecular weight is 487 g/mol. The number of amides is 2. The number of carbonyl (C=O) groups excluding carboxylic acids is 2. The SMILES string of the molecule is O=C1NC(=S)N(c2ccc(Cl)cc2)C(=O)C1=Cc1ccccc1-c1ccccc1C(F)(F)F. The Morgan fingerprint density at radius 1 is 0.879 bits per heavy atom. The smallest absolute Gasteiger partial charge is 0.298 e. The van der Waals surface area contributed by atoms with Crippen LogP contribution >= 0.6 is 23.8 Å². The first kappa shape index (κ1) is 22.7. The number of halogens is 4. The van der Waals surface area contributed by atoms with Crippen LogP contribution in [0.5, 0.6) is 0 Å². The number of hydrogen-bond acceptors (Lipinski definition) is 3. The van der Waals surface area contributed by atoms with E-state index in [1.807, 2.05) is 0 Å². The van der Waals surface area contributed by atoms with Crippen LogP contribution in [0.25, 0.3) is 17.2 Å². The van der Waals surface area contributed by atoms with Gasteiger partial charge < -0.3 is 0 Å². The highest BCUT2D eigenvalue weighted by Gasteiger charge is 2.36. The predicted molar refractivity (Wildman–Crippen MR) is 125 cm³/mol. The lowest BCUT2D eigenvalue weighted by Gasteiger charge is -2.29. The van der Waals surface area contributed by atoms with Gasteiger partial charge in [0.2, 0.25) is 0 Å². The van der Waals surface area contributed by atoms with Crippen molar-refractivity contribution in [1.82, 2.24) is 5.32 Å². The minimum Gasteiger partial charge on any atom is -0.298 e. The van der Waals surface area contributed by atoms with Crippen LogP contribution in [0.2, 0.25) is 5.02 Å². The molecule has 1 aliphatic rings. The third-order valence-corrected chi connectivity index (χ3v) is 5.51. The van der Waals surface area contributed by atoms with E-state index in [2.05, 4.69) is 5.32 Å². The number of nitrogens with one attached hydrogen (secondary N) is 1. The van der Waals surface area contributed by atoms with Crippen molar-refractivity contribution in [1.29, 1.82) is 0 Å². The average Bonchev–Trinajstić information content (AvgIpc) is 2.77. The summed E-state index contributed by atoms with van der Waals surface area (Å²) in [5.41, 5.74) is -0.266. The van der Waals surface area contributed by atoms with E-state index in [-0.39, 0.29) is 27.4 Å². The quantitative estimate of drug-likeness (QED) is 0.287. The fourth-order valence-corrected chi connectivity index (χ4v) is 3.88. The monoisotopic (exact) mass is 486 g/mol. The Bertz CT molecular complexity index is 1300. The summed E-state index contributed by atoms with van der Waals surface area (Å²) < 4.78 is 40.8. The first-order chi connectivity index (χ1) is 15.7. The van der Waals surface area contributed by atoms with E-state index in [1.165, 1.54) is 36.4 Å². The Hall–Kier alpha value is -3.49. The number of nitrogens with zero attached hydrogens (tertiary/aromatic N) is 1. The molecule has 0 aliphatic carbocycles. The van der Waals surface area contributed by atoms with Crippen LogP contribution in [-0.2, 0) is 15.8 Å². The molecule has 0 atom stereocenters. The van der Waals surface area contributed by atoms with Gasteiger partial charge in [-0.1, -0.05) is 54.1 Å². The molecule has 0 unspecified atom stereocenters. The topological polar surface area (TPSA) is 49.4 Å². The van der Waals surface area contributed by atoms with Crippen LogP contribution in [0.1, 0.15) is 11.1 Å². The molecule has 3 aromatic carbocycles. The van der Waals surface area contributed by atoms with Gasteiger partial charge in [-0.2, -0.15) is 13.2 Å². The molecule has 1 fully saturated rings. The highest BCUT2D eigenvalue weighted by Crippen LogP contribution is 2.38. The summed E-state index contributed by atoms with van der Waals surface area (Å²) >= 11 is 11.1. The van der Waals surface area contributed by atoms with Crippen molar-refractivity contribution in [3.05, 3.63) is 94.5 Å². The molecule has 0 spiro atoms. The zero-order chi connectivity index (χ0) is 23.8. The Morgan fingerprint density at radius 3 is 2.15 bits per heavy atom. The minimum atomic E-state index is -4.58. The van der Waals surface area contributed by atoms with Crippen molar-refractivity contribution in [3.63, 3.8) is 0 Å². The molecule has 0 bridgehead atoms. The molecular weight excluding hydrogens is 473 g/mol. The molecule has 3 aromatic rings. The lowest BCUT2D eigenvalue weighted by atomic mass is 9.93. The van der Waals surface area contributed by atoms with Gasteiger partial charge in [-0.15, -0.1) is 0 Å². The van der Waals surface area contributed by atoms with E-state index in [0.717, 1.165) is 11.0 Å². The normalized spacial score (nSPS) is 15.7. The van der Waals surface area contributed by atoms with Gasteiger partial charge in [0.15, 0.2) is 5.11 Å². The summed E-state index contributed by atoms with van der Waals surface area (Å²) in [6, 6.07) is 17.6. The Labute approximate surface area is 197 Å². The molecule has 1 heterocycles. The second-order valence-corrected chi connectivity index (χ2v) is 7.89. The maximum atomic E-state index is 13.6. The molecular formula is C24H14ClF3N2O2S. The van der Waals surface area contributed by atoms with Gasteiger partial charge in [-0.05, 0) is 65.3 Å². The van der Waals surface area contributed by atoms with Crippen LogP contribution in [0, 0.1) is 0 Å². The van der Waals surface area contributed by atoms with Crippen LogP contribution in [0.15, 0.2) is 78.4 Å². The van der Waals surface area contributed by atoms with E-state index in [9.17, 15) is 22.8 Å². The number of anilines is 1. The highest BCUT2D eigenvalue weighted by molar-refractivity contribution is 7.80. The summed E-state index contributed by atoms with van der Waals surface area (Å²) in [6.45, 7) is 0. The summed E-state index contributed by atoms with van der Waals surface area (Å²) in [5, 5.41) is 2.79. The molecule has 1 N–H and O–H groups in total. The number of benzene rings is 3. The zero-order valence-corrected chi connectivity index (χ0v) is 18.3. The van der Waals surface area contributed by atoms with E-state index >= 15 is 0 Å². The molecule has 1 saturated heterocycles. The zero-order valence-electron chi connectivity index (χ0n) is 16.7. The lowest BCUT2D eigenvalue weighted by molar-refractivity contribution is -0.137. The van der Waals surface area contributed by atoms with Crippen molar-refractivity contribution in [2.24, 2.45) is 0 Å². The van der Waals surface area contributed by atoms with Crippen LogP contribution in [-0.4, -0.2) is 16.9 Å². The number of hydrogen-bond donors (Lipinski definition) is 1. The minimum absolute atomic E-state index is 0.0637. The molecule has 166 valence electrons. The third kappa shape index (κ3) is 4.53. The maximum absolute atomic E-state index is 13.6. The Morgan fingerprint density at radius 2 is 1.48 bits per heavy atom. The number of carbonyl (C=O) groups is 2. The fraction of sp³-hybridized carbons (Fsp3) is 0.0417. The van der Waals surface area contributed by atoms with Crippen LogP contribution in [0.3, 0.4) is 0 Å². The van der Waals surface area contributed by atoms with Gasteiger partial charge in [0, 0.05) is 5.02 Å². The van der Waals surface area contributed by atoms with Crippen molar-refractivity contribution in [2.45, 2.75) is 6.18 Å². The van der Waals surface area contributed by atoms with E-state index in [4.69, 9.17) is 23.8 Å². The molecule has 1 aliphatic heterocycles. The molecule has 33 heavy (non-hydrogen) atoms. The van der Waals surface area contributed by atoms with Gasteiger partial charge in [0.1, 0.15) is 5.57 Å². The molecule has 0 radical (unpaired) electrons. The molecule has 4 rings (SSSR count). The maximum Gasteiger partial charge on any atom is 0.417 e. The number of thiocarbonyl (C=S) groups is 1. The Kier molecular flexibility index (Phi) is 6.05. The third-order valence-electron chi connectivity index (χ3n) is 4.97. The second kappa shape index (κ2) is 8.80. The first-order valence-corrected chi connectivity index (χ1v) is 10.4. The fourth-order valence-electron chi connectivity index (χ4n) is 3.47. The van der Waals surface area contributed by atoms with E-state index in [0.29, 0.717) is 10.7 Å². The summed E-state index contributed by atoms with van der Waals surface area (Å²) in [5.74, 6) is -1.45. The van der Waals surface area contributed by atoms with Gasteiger partial charge in [0.05, 0.1) is 11.3 Å². The van der Waals surface area contributed by atoms with Gasteiger partial charge in [0.25, 0.3) is 11.8 Å². The summed E-state index contributed by atoms with van der Waals surface area (Å²) in [4.78, 5) is 26.9. The summed E-state index contributed by atoms with van der Waals surface area (Å²) in [6.07, 6.45) is -3.31. The second-order valence-electron chi connectivity index (χ2n) is 7.06. The Balaban J connectivity index is 1.82. The van der Waals surface area contributed by atoms with Crippen LogP contribution in [0.4, 0.5) is 18.9 Å². The molecule has 4 nitrogen and oxygen atoms in total. The van der Waals surface area contributed by atoms with Gasteiger partial charge >= 0.3 is 6.18 Å². The summed E-state index contributed by atoms with van der Waals surface area (Å²) in [7, 11) is 0. The molecule has 0 saturated carbocycles. The van der Waals surface area contributed by atoms with Crippen LogP contribution < -0.4 is 10.2 Å². The number of rotatable bonds is 3. The molecule has 9 heteroatoms. The van der Waals surface area contributed by atoms with Gasteiger partial charge in [-0.25, -0.2) is 0 Å². The number of alkyl halides is 3. The van der Waals surface area contributed by atoms with Gasteiger partial charge in [-0.3, -0.25) is 19.8 Å². The van der Waals surface area contributed by atoms with E-state index < -0.39 is 23.6 Å². The largest absolute Gasteiger partial charge is 0.417 e. The van der Waals surface area contributed by atoms with E-state index in [1.54, 1.807) is 36.4 Å². The lowest BCUT2D eigenvalue weighted by Crippen LogP contribution is -2.54. The predicted octanol–water partition coefficient (Wildman–Crippen LogP) is 5.86. The molecule has 0 aromatic heterocycles. The highest BCUT2D eigenvalue weighted by atomic mass is 35.5. The first-order valence-electron chi connectivity index (χ1n) is 9.59.